The van der Waals surface area contributed by atoms with Gasteiger partial charge in [0.05, 0.1) is 11.5 Å². The molecule has 9 unspecified atom stereocenters. The summed E-state index contributed by atoms with van der Waals surface area (Å²) in [5, 5.41) is 23.1. The van der Waals surface area contributed by atoms with Gasteiger partial charge in [0.15, 0.2) is 37.0 Å². The Hall–Kier alpha value is -4.72. The fraction of sp³-hybridized carbons (Fsp3) is 0.515. The molecule has 3 heterocycles. The quantitative estimate of drug-likeness (QED) is 0.151. The third-order valence-electron chi connectivity index (χ3n) is 7.92. The van der Waals surface area contributed by atoms with Crippen LogP contribution < -0.4 is 4.74 Å². The van der Waals surface area contributed by atoms with Crippen molar-refractivity contribution >= 4 is 29.6 Å². The summed E-state index contributed by atoms with van der Waals surface area (Å²) in [4.78, 5) is 59.2. The number of benzene rings is 2. The Kier molecular flexibility index (Phi) is 12.2. The molecule has 3 saturated heterocycles. The molecule has 18 heteroatoms. The smallest absolute Gasteiger partial charge is 0.303 e. The van der Waals surface area contributed by atoms with Crippen molar-refractivity contribution in [1.29, 1.82) is 0 Å². The molecular weight excluding hydrogens is 682 g/mol. The largest absolute Gasteiger partial charge is 0.463 e. The molecule has 3 aliphatic heterocycles. The molecule has 5 rings (SSSR count). The molecule has 11 atom stereocenters. The molecule has 0 radical (unpaired) electrons. The van der Waals surface area contributed by atoms with E-state index in [1.165, 1.54) is 24.3 Å². The Morgan fingerprint density at radius 3 is 2.02 bits per heavy atom. The first-order valence-corrected chi connectivity index (χ1v) is 15.8. The summed E-state index contributed by atoms with van der Waals surface area (Å²) in [6, 6.07) is 13.9. The van der Waals surface area contributed by atoms with Crippen molar-refractivity contribution in [1.82, 2.24) is 0 Å². The number of carbonyl (C=O) groups excluding carboxylic acids is 4. The first-order chi connectivity index (χ1) is 24.3. The third kappa shape index (κ3) is 9.34. The van der Waals surface area contributed by atoms with Crippen molar-refractivity contribution in [3.05, 3.63) is 70.3 Å². The number of hydrogen-bond acceptors (Lipinski definition) is 17. The molecule has 0 spiro atoms. The van der Waals surface area contributed by atoms with Gasteiger partial charge in [-0.05, 0) is 12.1 Å². The lowest BCUT2D eigenvalue weighted by molar-refractivity contribution is -0.385. The first-order valence-electron chi connectivity index (χ1n) is 15.8. The van der Waals surface area contributed by atoms with Crippen molar-refractivity contribution in [2.24, 2.45) is 0 Å². The van der Waals surface area contributed by atoms with E-state index in [1.54, 1.807) is 24.3 Å². The summed E-state index contributed by atoms with van der Waals surface area (Å²) < 4.78 is 58.2. The molecule has 1 N–H and O–H groups in total. The number of esters is 4. The van der Waals surface area contributed by atoms with Gasteiger partial charge in [0.1, 0.15) is 36.8 Å². The number of aliphatic hydroxyl groups is 1. The van der Waals surface area contributed by atoms with E-state index in [0.29, 0.717) is 5.56 Å². The minimum absolute atomic E-state index is 0.0484. The summed E-state index contributed by atoms with van der Waals surface area (Å²) in [6.45, 7) is 3.78. The number of ether oxygens (including phenoxy) is 10. The average Bonchev–Trinajstić information content (AvgIpc) is 3.08. The van der Waals surface area contributed by atoms with Gasteiger partial charge in [0.25, 0.3) is 5.69 Å². The van der Waals surface area contributed by atoms with Crippen LogP contribution in [0.15, 0.2) is 54.6 Å². The zero-order valence-corrected chi connectivity index (χ0v) is 27.9. The molecule has 0 aromatic heterocycles. The minimum Gasteiger partial charge on any atom is -0.463 e. The van der Waals surface area contributed by atoms with E-state index in [2.05, 4.69) is 0 Å². The summed E-state index contributed by atoms with van der Waals surface area (Å²) in [7, 11) is 0. The van der Waals surface area contributed by atoms with Gasteiger partial charge in [0.2, 0.25) is 6.29 Å². The van der Waals surface area contributed by atoms with Crippen LogP contribution in [-0.2, 0) is 61.8 Å². The van der Waals surface area contributed by atoms with E-state index in [0.717, 1.165) is 27.7 Å². The average molecular weight is 720 g/mol. The molecule has 0 saturated carbocycles. The zero-order chi connectivity index (χ0) is 36.8. The summed E-state index contributed by atoms with van der Waals surface area (Å²) in [6.07, 6.45) is -15.1. The van der Waals surface area contributed by atoms with Crippen LogP contribution in [0.1, 0.15) is 39.5 Å². The van der Waals surface area contributed by atoms with Gasteiger partial charge >= 0.3 is 23.9 Å². The maximum absolute atomic E-state index is 12.4. The van der Waals surface area contributed by atoms with Crippen LogP contribution >= 0.6 is 0 Å². The highest BCUT2D eigenvalue weighted by Gasteiger charge is 2.57. The van der Waals surface area contributed by atoms with Crippen molar-refractivity contribution in [3.63, 3.8) is 0 Å². The number of nitro groups is 1. The fourth-order valence-corrected chi connectivity index (χ4v) is 5.82. The number of nitrogens with zero attached hydrogens (tertiary/aromatic N) is 1. The van der Waals surface area contributed by atoms with Gasteiger partial charge in [-0.1, -0.05) is 30.3 Å². The maximum atomic E-state index is 12.4. The Balaban J connectivity index is 1.50. The fourth-order valence-electron chi connectivity index (χ4n) is 5.82. The van der Waals surface area contributed by atoms with Gasteiger partial charge < -0.3 is 52.5 Å². The van der Waals surface area contributed by atoms with E-state index in [9.17, 15) is 34.4 Å². The molecule has 0 aliphatic carbocycles. The Morgan fingerprint density at radius 1 is 0.784 bits per heavy atom. The number of nitro benzene ring substituents is 1. The van der Waals surface area contributed by atoms with Crippen LogP contribution in [0, 0.1) is 10.1 Å². The predicted octanol–water partition coefficient (Wildman–Crippen LogP) is 1.64. The molecule has 51 heavy (non-hydrogen) atoms. The summed E-state index contributed by atoms with van der Waals surface area (Å²) >= 11 is 0. The number of aliphatic hydroxyl groups excluding tert-OH is 1. The van der Waals surface area contributed by atoms with E-state index in [4.69, 9.17) is 47.4 Å². The van der Waals surface area contributed by atoms with Crippen LogP contribution in [-0.4, -0.2) is 109 Å². The van der Waals surface area contributed by atoms with Crippen molar-refractivity contribution in [3.8, 4) is 5.75 Å². The first kappa shape index (κ1) is 37.5. The highest BCUT2D eigenvalue weighted by molar-refractivity contribution is 5.68. The van der Waals surface area contributed by atoms with E-state index in [1.807, 2.05) is 6.07 Å². The molecule has 3 fully saturated rings. The number of rotatable bonds is 11. The molecule has 276 valence electrons. The minimum atomic E-state index is -1.71. The predicted molar refractivity (Wildman–Crippen MR) is 165 cm³/mol. The molecule has 2 aromatic carbocycles. The number of hydrogen-bond donors (Lipinski definition) is 1. The third-order valence-corrected chi connectivity index (χ3v) is 7.92. The second-order valence-corrected chi connectivity index (χ2v) is 11.7. The maximum Gasteiger partial charge on any atom is 0.303 e. The second-order valence-electron chi connectivity index (χ2n) is 11.7. The molecule has 18 nitrogen and oxygen atoms in total. The van der Waals surface area contributed by atoms with Gasteiger partial charge in [-0.2, -0.15) is 0 Å². The molecular formula is C33H37NO17. The Bertz CT molecular complexity index is 1550. The monoisotopic (exact) mass is 719 g/mol. The van der Waals surface area contributed by atoms with E-state index < -0.39 is 103 Å². The number of fused-ring (bicyclic) bond motifs is 1. The highest BCUT2D eigenvalue weighted by atomic mass is 16.8. The van der Waals surface area contributed by atoms with Gasteiger partial charge in [-0.15, -0.1) is 0 Å². The second kappa shape index (κ2) is 16.5. The summed E-state index contributed by atoms with van der Waals surface area (Å²) in [5.41, 5.74) is 0.447. The lowest BCUT2D eigenvalue weighted by atomic mass is 9.96. The topological polar surface area (TPSA) is 224 Å². The van der Waals surface area contributed by atoms with E-state index in [-0.39, 0.29) is 18.0 Å². The molecule has 3 aliphatic rings. The lowest BCUT2D eigenvalue weighted by Gasteiger charge is -2.49. The van der Waals surface area contributed by atoms with Crippen LogP contribution in [0.2, 0.25) is 0 Å². The van der Waals surface area contributed by atoms with Gasteiger partial charge in [0, 0.05) is 45.4 Å². The van der Waals surface area contributed by atoms with Gasteiger partial charge in [-0.3, -0.25) is 29.3 Å². The van der Waals surface area contributed by atoms with Crippen LogP contribution in [0.5, 0.6) is 5.75 Å². The normalized spacial score (nSPS) is 31.7. The van der Waals surface area contributed by atoms with Crippen molar-refractivity contribution in [2.75, 3.05) is 13.2 Å². The Morgan fingerprint density at radius 2 is 1.41 bits per heavy atom. The van der Waals surface area contributed by atoms with Crippen LogP contribution in [0.4, 0.5) is 5.69 Å². The lowest BCUT2D eigenvalue weighted by Crippen LogP contribution is -2.67. The van der Waals surface area contributed by atoms with Crippen LogP contribution in [0.3, 0.4) is 0 Å². The van der Waals surface area contributed by atoms with E-state index >= 15 is 0 Å². The van der Waals surface area contributed by atoms with Crippen molar-refractivity contribution in [2.45, 2.75) is 95.4 Å². The number of non-ortho nitro benzene ring substituents is 1. The van der Waals surface area contributed by atoms with Gasteiger partial charge in [-0.25, -0.2) is 0 Å². The standard InChI is InChI=1S/C33H37NO17/c1-16(35)42-14-24-27(44-17(2)36)29(45-18(3)37)30(46-19(4)38)33(49-24)51-28-25(39)26-23(15-43-31(50-26)20-8-6-5-7-9-20)48-32(28)47-22-12-10-21(11-13-22)34(40)41/h5-13,23-33,39H,14-15H2,1-4H3/t23-,24?,25?,26+,27?,28?,29?,30?,31?,32?,33?/m0/s1. The Labute approximate surface area is 290 Å². The summed E-state index contributed by atoms with van der Waals surface area (Å²) in [5.74, 6) is -3.17. The zero-order valence-electron chi connectivity index (χ0n) is 27.9. The highest BCUT2D eigenvalue weighted by Crippen LogP contribution is 2.38. The molecule has 0 amide bonds. The van der Waals surface area contributed by atoms with Crippen LogP contribution in [0.25, 0.3) is 0 Å². The van der Waals surface area contributed by atoms with Crippen molar-refractivity contribution < 1.29 is 76.6 Å². The number of carbonyl (C=O) groups is 4. The molecule has 0 bridgehead atoms. The molecule has 2 aromatic rings. The SMILES string of the molecule is CC(=O)OCC1OC(OC2C(Oc3ccc([N+](=O)[O-])cc3)O[C@H]3COC(c4ccccc4)O[C@H]3C2O)C(OC(C)=O)C(OC(C)=O)C1OC(C)=O.